The lowest BCUT2D eigenvalue weighted by Gasteiger charge is -2.09. The maximum Gasteiger partial charge on any atom is 0.0563 e. The van der Waals surface area contributed by atoms with Gasteiger partial charge in [0.1, 0.15) is 0 Å². The van der Waals surface area contributed by atoms with Crippen molar-refractivity contribution in [3.05, 3.63) is 54.1 Å². The van der Waals surface area contributed by atoms with Crippen LogP contribution in [0, 0.1) is 0 Å². The van der Waals surface area contributed by atoms with E-state index in [1.807, 2.05) is 18.2 Å². The van der Waals surface area contributed by atoms with E-state index >= 15 is 0 Å². The Bertz CT molecular complexity index is 460. The summed E-state index contributed by atoms with van der Waals surface area (Å²) < 4.78 is 0. The summed E-state index contributed by atoms with van der Waals surface area (Å²) in [6.45, 7) is 2.16. The van der Waals surface area contributed by atoms with Crippen LogP contribution in [0.3, 0.4) is 0 Å². The summed E-state index contributed by atoms with van der Waals surface area (Å²) in [7, 11) is 0. The first-order chi connectivity index (χ1) is 7.85. The minimum atomic E-state index is 0.951. The lowest BCUT2D eigenvalue weighted by atomic mass is 10.0. The van der Waals surface area contributed by atoms with Gasteiger partial charge in [0.2, 0.25) is 0 Å². The van der Waals surface area contributed by atoms with Gasteiger partial charge in [-0.1, -0.05) is 49.4 Å². The van der Waals surface area contributed by atoms with Crippen molar-refractivity contribution in [1.29, 1.82) is 0 Å². The first-order valence-corrected chi connectivity index (χ1v) is 5.50. The van der Waals surface area contributed by atoms with E-state index in [2.05, 4.69) is 42.7 Å². The molecule has 82 valence electrons. The predicted octanol–water partition coefficient (Wildman–Crippen LogP) is 3.20. The fraction of sp³-hybridized carbons (Fsp3) is 0.143. The van der Waals surface area contributed by atoms with Gasteiger partial charge < -0.3 is 5.43 Å². The number of nitrogens with one attached hydrogen (secondary N) is 1. The topological polar surface area (TPSA) is 38.0 Å². The van der Waals surface area contributed by atoms with Gasteiger partial charge in [-0.15, -0.1) is 0 Å². The van der Waals surface area contributed by atoms with Gasteiger partial charge in [-0.05, 0) is 23.6 Å². The van der Waals surface area contributed by atoms with Gasteiger partial charge in [-0.2, -0.15) is 0 Å². The second kappa shape index (κ2) is 4.81. The van der Waals surface area contributed by atoms with Crippen molar-refractivity contribution in [2.75, 3.05) is 5.43 Å². The summed E-state index contributed by atoms with van der Waals surface area (Å²) in [6.07, 6.45) is 1.07. The summed E-state index contributed by atoms with van der Waals surface area (Å²) in [5.74, 6) is 5.49. The number of hydrogen-bond donors (Lipinski definition) is 2. The maximum atomic E-state index is 5.49. The molecule has 0 aromatic heterocycles. The highest BCUT2D eigenvalue weighted by Crippen LogP contribution is 2.27. The van der Waals surface area contributed by atoms with Crippen LogP contribution in [0.4, 0.5) is 5.69 Å². The molecule has 0 radical (unpaired) electrons. The van der Waals surface area contributed by atoms with Gasteiger partial charge in [0.15, 0.2) is 0 Å². The Morgan fingerprint density at radius 1 is 1.00 bits per heavy atom. The molecule has 2 heteroatoms. The SMILES string of the molecule is CCc1ccc(-c2ccccc2NN)cc1. The Morgan fingerprint density at radius 3 is 2.31 bits per heavy atom. The maximum absolute atomic E-state index is 5.49. The number of nitrogen functional groups attached to an aromatic ring is 1. The van der Waals surface area contributed by atoms with Crippen LogP contribution < -0.4 is 11.3 Å². The number of para-hydroxylation sites is 1. The average molecular weight is 212 g/mol. The molecule has 0 aliphatic rings. The number of hydrazine groups is 1. The van der Waals surface area contributed by atoms with Crippen LogP contribution in [-0.2, 0) is 6.42 Å². The van der Waals surface area contributed by atoms with Crippen molar-refractivity contribution in [3.8, 4) is 11.1 Å². The summed E-state index contributed by atoms with van der Waals surface area (Å²) in [5.41, 5.74) is 7.34. The van der Waals surface area contributed by atoms with E-state index in [1.165, 1.54) is 11.1 Å². The van der Waals surface area contributed by atoms with Crippen molar-refractivity contribution in [3.63, 3.8) is 0 Å². The molecular formula is C14H16N2. The molecule has 0 heterocycles. The summed E-state index contributed by atoms with van der Waals surface area (Å²) >= 11 is 0. The highest BCUT2D eigenvalue weighted by atomic mass is 15.2. The number of nitrogens with two attached hydrogens (primary N) is 1. The number of benzene rings is 2. The third kappa shape index (κ3) is 2.07. The zero-order chi connectivity index (χ0) is 11.4. The minimum absolute atomic E-state index is 0.951. The molecule has 0 saturated heterocycles. The first-order valence-electron chi connectivity index (χ1n) is 5.50. The van der Waals surface area contributed by atoms with Crippen LogP contribution in [-0.4, -0.2) is 0 Å². The van der Waals surface area contributed by atoms with E-state index in [4.69, 9.17) is 5.84 Å². The van der Waals surface area contributed by atoms with E-state index in [9.17, 15) is 0 Å². The highest BCUT2D eigenvalue weighted by Gasteiger charge is 2.02. The molecule has 0 unspecified atom stereocenters. The van der Waals surface area contributed by atoms with Gasteiger partial charge in [-0.3, -0.25) is 5.84 Å². The summed E-state index contributed by atoms with van der Waals surface area (Å²) in [6, 6.07) is 16.6. The van der Waals surface area contributed by atoms with Gasteiger partial charge in [0.25, 0.3) is 0 Å². The Kier molecular flexibility index (Phi) is 3.22. The third-order valence-corrected chi connectivity index (χ3v) is 2.76. The summed E-state index contributed by atoms with van der Waals surface area (Å²) in [5, 5.41) is 0. The Balaban J connectivity index is 2.42. The fourth-order valence-corrected chi connectivity index (χ4v) is 1.78. The number of hydrogen-bond acceptors (Lipinski definition) is 2. The molecule has 2 nitrogen and oxygen atoms in total. The van der Waals surface area contributed by atoms with Crippen molar-refractivity contribution < 1.29 is 0 Å². The molecule has 0 atom stereocenters. The molecule has 0 fully saturated rings. The van der Waals surface area contributed by atoms with Gasteiger partial charge >= 0.3 is 0 Å². The summed E-state index contributed by atoms with van der Waals surface area (Å²) in [4.78, 5) is 0. The van der Waals surface area contributed by atoms with Crippen molar-refractivity contribution in [2.45, 2.75) is 13.3 Å². The molecular weight excluding hydrogens is 196 g/mol. The standard InChI is InChI=1S/C14H16N2/c1-2-11-7-9-12(10-8-11)13-5-3-4-6-14(13)16-15/h3-10,16H,2,15H2,1H3. The smallest absolute Gasteiger partial charge is 0.0563 e. The second-order valence-corrected chi connectivity index (χ2v) is 3.74. The van der Waals surface area contributed by atoms with Crippen molar-refractivity contribution in [1.82, 2.24) is 0 Å². The Morgan fingerprint density at radius 2 is 1.69 bits per heavy atom. The molecule has 0 saturated carbocycles. The van der Waals surface area contributed by atoms with Crippen LogP contribution >= 0.6 is 0 Å². The van der Waals surface area contributed by atoms with E-state index in [-0.39, 0.29) is 0 Å². The molecule has 0 spiro atoms. The lowest BCUT2D eigenvalue weighted by Crippen LogP contribution is -2.07. The average Bonchev–Trinajstić information content (AvgIpc) is 2.39. The van der Waals surface area contributed by atoms with E-state index in [0.717, 1.165) is 17.7 Å². The molecule has 0 aliphatic carbocycles. The van der Waals surface area contributed by atoms with Gasteiger partial charge in [0.05, 0.1) is 5.69 Å². The Hall–Kier alpha value is -1.80. The Labute approximate surface area is 96.1 Å². The molecule has 3 N–H and O–H groups in total. The zero-order valence-electron chi connectivity index (χ0n) is 9.40. The second-order valence-electron chi connectivity index (χ2n) is 3.74. The monoisotopic (exact) mass is 212 g/mol. The molecule has 2 aromatic carbocycles. The van der Waals surface area contributed by atoms with Crippen LogP contribution in [0.1, 0.15) is 12.5 Å². The highest BCUT2D eigenvalue weighted by molar-refractivity contribution is 5.77. The molecule has 0 aliphatic heterocycles. The lowest BCUT2D eigenvalue weighted by molar-refractivity contribution is 1.14. The molecule has 2 aromatic rings. The first kappa shape index (κ1) is 10.7. The van der Waals surface area contributed by atoms with Crippen LogP contribution in [0.15, 0.2) is 48.5 Å². The minimum Gasteiger partial charge on any atom is -0.324 e. The number of aryl methyl sites for hydroxylation is 1. The van der Waals surface area contributed by atoms with Crippen molar-refractivity contribution in [2.24, 2.45) is 5.84 Å². The largest absolute Gasteiger partial charge is 0.324 e. The normalized spacial score (nSPS) is 10.1. The van der Waals surface area contributed by atoms with E-state index in [1.54, 1.807) is 0 Å². The van der Waals surface area contributed by atoms with Crippen LogP contribution in [0.5, 0.6) is 0 Å². The quantitative estimate of drug-likeness (QED) is 0.605. The van der Waals surface area contributed by atoms with Crippen LogP contribution in [0.25, 0.3) is 11.1 Å². The number of rotatable bonds is 3. The van der Waals surface area contributed by atoms with Crippen molar-refractivity contribution >= 4 is 5.69 Å². The fourth-order valence-electron chi connectivity index (χ4n) is 1.78. The van der Waals surface area contributed by atoms with E-state index in [0.29, 0.717) is 0 Å². The molecule has 2 rings (SSSR count). The van der Waals surface area contributed by atoms with Gasteiger partial charge in [-0.25, -0.2) is 0 Å². The zero-order valence-corrected chi connectivity index (χ0v) is 9.40. The van der Waals surface area contributed by atoms with Crippen LogP contribution in [0.2, 0.25) is 0 Å². The number of anilines is 1. The van der Waals surface area contributed by atoms with E-state index < -0.39 is 0 Å². The third-order valence-electron chi connectivity index (χ3n) is 2.76. The molecule has 0 amide bonds. The van der Waals surface area contributed by atoms with Gasteiger partial charge in [0, 0.05) is 5.56 Å². The predicted molar refractivity (Wildman–Crippen MR) is 69.1 cm³/mol. The molecule has 16 heavy (non-hydrogen) atoms. The molecule has 0 bridgehead atoms.